The van der Waals surface area contributed by atoms with E-state index in [9.17, 15) is 92.0 Å². The van der Waals surface area contributed by atoms with Gasteiger partial charge in [0.15, 0.2) is 0 Å². The Morgan fingerprint density at radius 2 is 0.890 bits per heavy atom. The summed E-state index contributed by atoms with van der Waals surface area (Å²) in [5.41, 5.74) is 18.4. The molecule has 0 aliphatic heterocycles. The number of carbonyl (C=O) groups is 16. The predicted molar refractivity (Wildman–Crippen MR) is 398 cm³/mol. The van der Waals surface area contributed by atoms with Crippen molar-refractivity contribution in [1.29, 1.82) is 0 Å². The molecule has 14 amide bonds. The molecule has 35 heteroatoms. The van der Waals surface area contributed by atoms with Gasteiger partial charge in [0, 0.05) is 58.8 Å². The van der Waals surface area contributed by atoms with Gasteiger partial charge in [-0.2, -0.15) is 0 Å². The Hall–Kier alpha value is -11.6. The van der Waals surface area contributed by atoms with Crippen LogP contribution >= 0.6 is 0 Å². The Balaban J connectivity index is 1.55. The van der Waals surface area contributed by atoms with Gasteiger partial charge in [0.2, 0.25) is 82.7 Å². The summed E-state index contributed by atoms with van der Waals surface area (Å²) in [6.45, 7) is 6.67. The quantitative estimate of drug-likeness (QED) is 0.0214. The number of carboxylic acids is 2. The smallest absolute Gasteiger partial charge is 0.326 e. The second-order valence-electron chi connectivity index (χ2n) is 26.5. The topological polar surface area (TPSA) is 568 Å². The van der Waals surface area contributed by atoms with Gasteiger partial charge in [-0.25, -0.2) is 4.79 Å². The van der Waals surface area contributed by atoms with E-state index in [1.807, 2.05) is 30.3 Å². The summed E-state index contributed by atoms with van der Waals surface area (Å²) in [6, 6.07) is 10.8. The van der Waals surface area contributed by atoms with Crippen molar-refractivity contribution in [1.82, 2.24) is 69.1 Å². The van der Waals surface area contributed by atoms with E-state index >= 15 is 0 Å². The monoisotopic (exact) mass is 1520 g/mol. The van der Waals surface area contributed by atoms with Gasteiger partial charge in [-0.1, -0.05) is 119 Å². The van der Waals surface area contributed by atoms with Crippen LogP contribution in [-0.4, -0.2) is 197 Å². The Morgan fingerprint density at radius 3 is 1.43 bits per heavy atom. The number of carbonyl (C=O) groups excluding carboxylic acids is 14. The van der Waals surface area contributed by atoms with Crippen molar-refractivity contribution >= 4 is 105 Å². The Kier molecular flexibility index (Phi) is 38.8. The molecule has 0 saturated heterocycles. The van der Waals surface area contributed by atoms with E-state index in [0.717, 1.165) is 30.3 Å². The molecule has 0 aromatic heterocycles. The lowest BCUT2D eigenvalue weighted by molar-refractivity contribution is -0.143. The number of hydrogen-bond acceptors (Lipinski definition) is 19. The highest BCUT2D eigenvalue weighted by atomic mass is 16.4. The summed E-state index contributed by atoms with van der Waals surface area (Å²) in [5.74, 6) is -16.5. The van der Waals surface area contributed by atoms with Crippen LogP contribution in [0.2, 0.25) is 0 Å². The number of aliphatic carboxylic acids is 2. The van der Waals surface area contributed by atoms with Gasteiger partial charge in [0.25, 0.3) is 0 Å². The van der Waals surface area contributed by atoms with Gasteiger partial charge in [0.1, 0.15) is 66.2 Å². The number of amides is 14. The molecule has 4 rings (SSSR count). The third kappa shape index (κ3) is 33.0. The lowest BCUT2D eigenvalue weighted by Gasteiger charge is -2.27. The average Bonchev–Trinajstić information content (AvgIpc) is 0.838. The van der Waals surface area contributed by atoms with E-state index in [1.54, 1.807) is 63.2 Å². The molecule has 0 aliphatic rings. The number of likely N-dealkylation sites (N-methyl/N-ethyl adjacent to an activating group) is 1. The molecule has 0 heterocycles. The highest BCUT2D eigenvalue weighted by molar-refractivity contribution is 6.00. The van der Waals surface area contributed by atoms with Gasteiger partial charge >= 0.3 is 11.9 Å². The third-order valence-electron chi connectivity index (χ3n) is 17.1. The molecular formula is C74H104N16O19. The maximum Gasteiger partial charge on any atom is 0.326 e. The standard InChI is InChI=1S/C74H104N16O19/c1-6-7-22-50(82-61(94)39-56(83-60(93)31-33-76)68(102)80-41-47-20-15-19-46-18-11-12-21-49(46)47)70(104)86-52(28-30-64(97)98)69(103)81-43(4)65(99)88-55(66(100)78-5)38-62(95)85-54(37-45-23-25-48(91)26-24-45)72(106)87-51(27-29-59(77)92)71(105)89-57(67(101)79-34-14-13-32-75)40-63(96)84-53(36-44-16-9-8-10-17-44)73(107)90-58(74(108)109)35-42(2)3/h8-12,15-21,23-26,42-43,50-58,91H,6-7,13-14,22,27-41,75-76H2,1-5H3,(H2,77,92)(H,78,100)(H,79,101)(H,80,102)(H,81,103)(H,82,94)(H,83,93)(H,84,96)(H,85,95)(H,86,104)(H,87,106)(H,88,99)(H,89,105)(H,90,107)(H,97,98)(H,108,109)/t43-,50-,51-,52-,53-,54-,55-,56-,57-,58-/m0/s1. The molecular weight excluding hydrogens is 1420 g/mol. The van der Waals surface area contributed by atoms with Crippen LogP contribution in [-0.2, 0) is 96.1 Å². The van der Waals surface area contributed by atoms with E-state index < -0.39 is 206 Å². The molecule has 0 unspecified atom stereocenters. The van der Waals surface area contributed by atoms with Crippen molar-refractivity contribution in [2.75, 3.05) is 26.7 Å². The molecule has 4 aromatic rings. The van der Waals surface area contributed by atoms with Crippen molar-refractivity contribution in [3.05, 3.63) is 114 Å². The molecule has 4 aromatic carbocycles. The number of hydrogen-bond donors (Lipinski definition) is 19. The zero-order valence-electron chi connectivity index (χ0n) is 61.8. The molecule has 0 saturated carbocycles. The minimum absolute atomic E-state index is 0.0173. The van der Waals surface area contributed by atoms with Gasteiger partial charge < -0.3 is 102 Å². The average molecular weight is 1520 g/mol. The molecule has 0 bridgehead atoms. The number of benzene rings is 4. The van der Waals surface area contributed by atoms with Gasteiger partial charge in [-0.05, 0) is 97.5 Å². The molecule has 10 atom stereocenters. The fraction of sp³-hybridized carbons (Fsp3) is 0.486. The summed E-state index contributed by atoms with van der Waals surface area (Å²) >= 11 is 0. The largest absolute Gasteiger partial charge is 0.508 e. The van der Waals surface area contributed by atoms with Crippen LogP contribution in [0, 0.1) is 5.92 Å². The first-order chi connectivity index (χ1) is 51.8. The fourth-order valence-electron chi connectivity index (χ4n) is 11.2. The number of unbranched alkanes of at least 4 members (excludes halogenated alkanes) is 2. The van der Waals surface area contributed by atoms with E-state index in [-0.39, 0.29) is 63.5 Å². The summed E-state index contributed by atoms with van der Waals surface area (Å²) in [7, 11) is 1.16. The highest BCUT2D eigenvalue weighted by Gasteiger charge is 2.36. The van der Waals surface area contributed by atoms with E-state index in [4.69, 9.17) is 17.2 Å². The van der Waals surface area contributed by atoms with Crippen LogP contribution in [0.15, 0.2) is 97.1 Å². The number of phenolic OH excluding ortho intramolecular Hbond substituents is 1. The minimum atomic E-state index is -1.78. The number of phenols is 1. The molecule has 0 aliphatic carbocycles. The Labute approximate surface area is 630 Å². The highest BCUT2D eigenvalue weighted by Crippen LogP contribution is 2.20. The van der Waals surface area contributed by atoms with Crippen molar-refractivity contribution in [3.8, 4) is 5.75 Å². The van der Waals surface area contributed by atoms with Crippen LogP contribution in [0.3, 0.4) is 0 Å². The summed E-state index contributed by atoms with van der Waals surface area (Å²) in [5, 5.41) is 63.8. The van der Waals surface area contributed by atoms with Crippen molar-refractivity contribution < 1.29 is 92.0 Å². The van der Waals surface area contributed by atoms with Gasteiger partial charge in [0.05, 0.1) is 19.3 Å². The molecule has 22 N–H and O–H groups in total. The number of primary amides is 1. The molecule has 109 heavy (non-hydrogen) atoms. The van der Waals surface area contributed by atoms with Crippen molar-refractivity contribution in [3.63, 3.8) is 0 Å². The van der Waals surface area contributed by atoms with E-state index in [0.29, 0.717) is 36.8 Å². The number of nitrogens with one attached hydrogen (secondary N) is 13. The fourth-order valence-corrected chi connectivity index (χ4v) is 11.2. The summed E-state index contributed by atoms with van der Waals surface area (Å²) < 4.78 is 0. The van der Waals surface area contributed by atoms with Gasteiger partial charge in [-0.15, -0.1) is 0 Å². The van der Waals surface area contributed by atoms with E-state index in [1.165, 1.54) is 24.3 Å². The van der Waals surface area contributed by atoms with Crippen LogP contribution < -0.4 is 86.3 Å². The van der Waals surface area contributed by atoms with Gasteiger partial charge in [-0.3, -0.25) is 71.9 Å². The maximum absolute atomic E-state index is 14.6. The lowest BCUT2D eigenvalue weighted by Crippen LogP contribution is -2.59. The third-order valence-corrected chi connectivity index (χ3v) is 17.1. The second-order valence-corrected chi connectivity index (χ2v) is 26.5. The molecule has 594 valence electrons. The number of carboxylic acid groups (broad SMARTS) is 2. The number of aromatic hydroxyl groups is 1. The zero-order chi connectivity index (χ0) is 80.7. The number of fused-ring (bicyclic) bond motifs is 1. The summed E-state index contributed by atoms with van der Waals surface area (Å²) in [4.78, 5) is 217. The number of rotatable bonds is 49. The maximum atomic E-state index is 14.6. The first-order valence-electron chi connectivity index (χ1n) is 36.0. The molecule has 0 fully saturated rings. The SMILES string of the molecule is CCCC[C@H](NC(=O)C[C@H](NC(=O)CCN)C(=O)NCc1cccc2ccccc12)C(=O)N[C@@H](CCC(=O)O)C(=O)N[C@@H](C)C(=O)N[C@@H](CC(=O)N[C@@H](Cc1ccc(O)cc1)C(=O)N[C@@H](CCC(N)=O)C(=O)N[C@@H](CC(=O)N[C@@H](Cc1ccccc1)C(=O)N[C@@H](CC(C)C)C(=O)O)C(=O)NCCCCN)C(=O)NC. The first kappa shape index (κ1) is 89.8. The van der Waals surface area contributed by atoms with Crippen LogP contribution in [0.25, 0.3) is 10.8 Å². The van der Waals surface area contributed by atoms with Crippen molar-refractivity contribution in [2.24, 2.45) is 23.1 Å². The molecule has 0 spiro atoms. The second kappa shape index (κ2) is 47.1. The van der Waals surface area contributed by atoms with Crippen LogP contribution in [0.1, 0.15) is 134 Å². The first-order valence-corrected chi connectivity index (χ1v) is 36.0. The Bertz CT molecular complexity index is 3780. The van der Waals surface area contributed by atoms with Crippen LogP contribution in [0.5, 0.6) is 5.75 Å². The van der Waals surface area contributed by atoms with E-state index in [2.05, 4.69) is 69.1 Å². The normalized spacial score (nSPS) is 13.7. The molecule has 35 nitrogen and oxygen atoms in total. The van der Waals surface area contributed by atoms with Crippen molar-refractivity contribution in [2.45, 2.75) is 197 Å². The predicted octanol–water partition coefficient (Wildman–Crippen LogP) is -1.91. The van der Waals surface area contributed by atoms with Crippen LogP contribution in [0.4, 0.5) is 0 Å². The minimum Gasteiger partial charge on any atom is -0.508 e. The number of nitrogens with two attached hydrogens (primary N) is 3. The molecule has 0 radical (unpaired) electrons. The Morgan fingerprint density at radius 1 is 0.422 bits per heavy atom. The summed E-state index contributed by atoms with van der Waals surface area (Å²) in [6.07, 6.45) is -3.79. The zero-order valence-corrected chi connectivity index (χ0v) is 61.8. The lowest BCUT2D eigenvalue weighted by atomic mass is 10.0.